The van der Waals surface area contributed by atoms with Crippen molar-refractivity contribution in [3.63, 3.8) is 0 Å². The van der Waals surface area contributed by atoms with Gasteiger partial charge in [-0.05, 0) is 12.3 Å². The number of carbonyl (C=O) groups excluding carboxylic acids is 2. The third-order valence-electron chi connectivity index (χ3n) is 6.45. The summed E-state index contributed by atoms with van der Waals surface area (Å²) in [5.41, 5.74) is 3.58. The normalized spacial score (nSPS) is 23.6. The summed E-state index contributed by atoms with van der Waals surface area (Å²) < 4.78 is 0. The number of rotatable bonds is 5. The Hall–Kier alpha value is -2.11. The van der Waals surface area contributed by atoms with Crippen LogP contribution in [0.1, 0.15) is 55.5 Å². The predicted molar refractivity (Wildman–Crippen MR) is 103 cm³/mol. The smallest absolute Gasteiger partial charge is 0.228 e. The van der Waals surface area contributed by atoms with Crippen LogP contribution in [0, 0.1) is 11.8 Å². The summed E-state index contributed by atoms with van der Waals surface area (Å²) in [5, 5.41) is 7.81. The second-order valence-corrected chi connectivity index (χ2v) is 8.33. The summed E-state index contributed by atoms with van der Waals surface area (Å²) in [7, 11) is 0. The molecule has 0 aromatic carbocycles. The summed E-state index contributed by atoms with van der Waals surface area (Å²) >= 11 is 0. The molecule has 1 N–H and O–H groups in total. The zero-order valence-corrected chi connectivity index (χ0v) is 16.1. The molecule has 0 radical (unpaired) electrons. The van der Waals surface area contributed by atoms with E-state index in [4.69, 9.17) is 0 Å². The average Bonchev–Trinajstić information content (AvgIpc) is 3.26. The minimum atomic E-state index is -0.215. The highest BCUT2D eigenvalue weighted by Gasteiger charge is 2.37. The number of amides is 2. The second kappa shape index (κ2) is 7.87. The Bertz CT molecular complexity index is 720. The molecule has 2 fully saturated rings. The maximum absolute atomic E-state index is 13.0. The third kappa shape index (κ3) is 3.80. The Balaban J connectivity index is 1.41. The van der Waals surface area contributed by atoms with Gasteiger partial charge in [-0.3, -0.25) is 14.7 Å². The molecule has 6 nitrogen and oxygen atoms in total. The minimum absolute atomic E-state index is 0.0623. The predicted octanol–water partition coefficient (Wildman–Crippen LogP) is 2.45. The van der Waals surface area contributed by atoms with E-state index in [2.05, 4.69) is 16.8 Å². The van der Waals surface area contributed by atoms with Gasteiger partial charge < -0.3 is 9.80 Å². The van der Waals surface area contributed by atoms with Gasteiger partial charge >= 0.3 is 0 Å². The van der Waals surface area contributed by atoms with E-state index in [9.17, 15) is 9.59 Å². The van der Waals surface area contributed by atoms with Gasteiger partial charge in [0.2, 0.25) is 11.8 Å². The molecule has 4 rings (SSSR count). The molecule has 1 atom stereocenters. The zero-order chi connectivity index (χ0) is 18.8. The van der Waals surface area contributed by atoms with Gasteiger partial charge in [0.25, 0.3) is 0 Å². The number of fused-ring (bicyclic) bond motifs is 1. The lowest BCUT2D eigenvalue weighted by atomic mass is 9.85. The molecule has 1 aliphatic carbocycles. The molecule has 1 saturated heterocycles. The van der Waals surface area contributed by atoms with E-state index >= 15 is 0 Å². The highest BCUT2D eigenvalue weighted by atomic mass is 16.2. The fourth-order valence-corrected chi connectivity index (χ4v) is 4.90. The molecule has 27 heavy (non-hydrogen) atoms. The van der Waals surface area contributed by atoms with Crippen molar-refractivity contribution in [2.24, 2.45) is 11.8 Å². The van der Waals surface area contributed by atoms with E-state index in [-0.39, 0.29) is 17.7 Å². The lowest BCUT2D eigenvalue weighted by Gasteiger charge is -2.30. The van der Waals surface area contributed by atoms with Gasteiger partial charge in [0, 0.05) is 50.3 Å². The van der Waals surface area contributed by atoms with Crippen LogP contribution in [0.5, 0.6) is 0 Å². The van der Waals surface area contributed by atoms with Gasteiger partial charge in [0.1, 0.15) is 0 Å². The van der Waals surface area contributed by atoms with Crippen molar-refractivity contribution in [2.75, 3.05) is 19.6 Å². The van der Waals surface area contributed by atoms with Crippen LogP contribution in [0.3, 0.4) is 0 Å². The molecule has 146 valence electrons. The zero-order valence-electron chi connectivity index (χ0n) is 16.1. The first-order chi connectivity index (χ1) is 13.2. The number of nitrogens with zero attached hydrogens (tertiary/aromatic N) is 3. The van der Waals surface area contributed by atoms with E-state index in [1.165, 1.54) is 43.4 Å². The first kappa shape index (κ1) is 18.3. The number of likely N-dealkylation sites (tertiary alicyclic amines) is 1. The summed E-state index contributed by atoms with van der Waals surface area (Å²) in [5.74, 6) is 0.697. The largest absolute Gasteiger partial charge is 0.338 e. The van der Waals surface area contributed by atoms with E-state index in [1.54, 1.807) is 11.0 Å². The molecule has 1 aromatic heterocycles. The number of aromatic nitrogens is 2. The Morgan fingerprint density at radius 1 is 1.30 bits per heavy atom. The van der Waals surface area contributed by atoms with Crippen molar-refractivity contribution in [1.82, 2.24) is 20.0 Å². The fourth-order valence-electron chi connectivity index (χ4n) is 4.90. The number of H-pyrrole nitrogens is 1. The highest BCUT2D eigenvalue weighted by molar-refractivity contribution is 5.89. The van der Waals surface area contributed by atoms with Crippen LogP contribution in [0.25, 0.3) is 0 Å². The Morgan fingerprint density at radius 2 is 2.11 bits per heavy atom. The number of hydrogen-bond donors (Lipinski definition) is 1. The maximum atomic E-state index is 13.0. The molecule has 2 amide bonds. The van der Waals surface area contributed by atoms with Gasteiger partial charge in [-0.2, -0.15) is 5.10 Å². The van der Waals surface area contributed by atoms with Gasteiger partial charge in [-0.1, -0.05) is 38.2 Å². The number of hydrogen-bond acceptors (Lipinski definition) is 3. The van der Waals surface area contributed by atoms with Gasteiger partial charge in [0.05, 0.1) is 11.6 Å². The number of carbonyl (C=O) groups is 2. The molecule has 1 aromatic rings. The fraction of sp³-hybridized carbons (Fsp3) is 0.667. The van der Waals surface area contributed by atoms with E-state index in [0.29, 0.717) is 32.6 Å². The van der Waals surface area contributed by atoms with Crippen molar-refractivity contribution in [1.29, 1.82) is 0 Å². The van der Waals surface area contributed by atoms with E-state index in [0.717, 1.165) is 24.5 Å². The van der Waals surface area contributed by atoms with Crippen LogP contribution >= 0.6 is 0 Å². The van der Waals surface area contributed by atoms with Crippen molar-refractivity contribution in [2.45, 2.75) is 57.9 Å². The summed E-state index contributed by atoms with van der Waals surface area (Å²) in [6.07, 6.45) is 10.5. The molecule has 0 unspecified atom stereocenters. The summed E-state index contributed by atoms with van der Waals surface area (Å²) in [6, 6.07) is 0. The van der Waals surface area contributed by atoms with E-state index in [1.807, 2.05) is 4.90 Å². The molecule has 2 aliphatic heterocycles. The van der Waals surface area contributed by atoms with E-state index < -0.39 is 0 Å². The molecule has 1 saturated carbocycles. The van der Waals surface area contributed by atoms with Crippen LogP contribution in [0.2, 0.25) is 0 Å². The molecule has 0 spiro atoms. The van der Waals surface area contributed by atoms with Gasteiger partial charge in [0.15, 0.2) is 0 Å². The average molecular weight is 370 g/mol. The molecular formula is C21H30N4O2. The molecular weight excluding hydrogens is 340 g/mol. The van der Waals surface area contributed by atoms with Crippen molar-refractivity contribution in [3.8, 4) is 0 Å². The Morgan fingerprint density at radius 3 is 2.89 bits per heavy atom. The Kier molecular flexibility index (Phi) is 5.32. The standard InChI is InChI=1S/C21H30N4O2/c1-2-9-24-13-16(12-20(24)26)21(27)25-10-8-18-17(14-25)19(23-22-18)11-15-6-4-3-5-7-15/h2,15-16H,1,3-14H2,(H,22,23)/t16-/m1/s1. The van der Waals surface area contributed by atoms with Gasteiger partial charge in [-0.15, -0.1) is 6.58 Å². The topological polar surface area (TPSA) is 69.3 Å². The lowest BCUT2D eigenvalue weighted by Crippen LogP contribution is -2.40. The maximum Gasteiger partial charge on any atom is 0.228 e. The number of nitrogens with one attached hydrogen (secondary N) is 1. The Labute approximate surface area is 161 Å². The summed E-state index contributed by atoms with van der Waals surface area (Å²) in [6.45, 7) is 6.09. The third-order valence-corrected chi connectivity index (χ3v) is 6.45. The minimum Gasteiger partial charge on any atom is -0.338 e. The summed E-state index contributed by atoms with van der Waals surface area (Å²) in [4.78, 5) is 28.8. The van der Waals surface area contributed by atoms with Crippen LogP contribution in [0.15, 0.2) is 12.7 Å². The SMILES string of the molecule is C=CCN1C[C@H](C(=O)N2CCc3[nH]nc(CC4CCCCC4)c3C2)CC1=O. The van der Waals surface area contributed by atoms with Gasteiger partial charge in [-0.25, -0.2) is 0 Å². The monoisotopic (exact) mass is 370 g/mol. The number of aromatic amines is 1. The van der Waals surface area contributed by atoms with Crippen molar-refractivity contribution in [3.05, 3.63) is 29.6 Å². The molecule has 3 aliphatic rings. The van der Waals surface area contributed by atoms with Crippen LogP contribution < -0.4 is 0 Å². The van der Waals surface area contributed by atoms with Crippen molar-refractivity contribution < 1.29 is 9.59 Å². The van der Waals surface area contributed by atoms with Crippen LogP contribution in [0.4, 0.5) is 0 Å². The first-order valence-corrected chi connectivity index (χ1v) is 10.4. The highest BCUT2D eigenvalue weighted by Crippen LogP contribution is 2.30. The molecule has 6 heteroatoms. The van der Waals surface area contributed by atoms with Crippen molar-refractivity contribution >= 4 is 11.8 Å². The quantitative estimate of drug-likeness (QED) is 0.810. The first-order valence-electron chi connectivity index (χ1n) is 10.4. The lowest BCUT2D eigenvalue weighted by molar-refractivity contribution is -0.136. The molecule has 0 bridgehead atoms. The van der Waals surface area contributed by atoms with Crippen LogP contribution in [-0.4, -0.2) is 51.4 Å². The second-order valence-electron chi connectivity index (χ2n) is 8.33. The molecule has 3 heterocycles. The van der Waals surface area contributed by atoms with Crippen LogP contribution in [-0.2, 0) is 29.0 Å².